The lowest BCUT2D eigenvalue weighted by molar-refractivity contribution is 0.162. The molecule has 3 aromatic rings. The molecule has 2 fully saturated rings. The second-order valence-electron chi connectivity index (χ2n) is 7.89. The van der Waals surface area contributed by atoms with Gasteiger partial charge in [-0.3, -0.25) is 0 Å². The maximum Gasteiger partial charge on any atom is 0.227 e. The number of nitrogens with one attached hydrogen (secondary N) is 3. The number of fused-ring (bicyclic) bond motifs is 1. The van der Waals surface area contributed by atoms with Crippen molar-refractivity contribution in [3.8, 4) is 5.75 Å². The zero-order valence-electron chi connectivity index (χ0n) is 17.1. The summed E-state index contributed by atoms with van der Waals surface area (Å²) in [5, 5.41) is 11.1. The molecular formula is C23H28N6O. The van der Waals surface area contributed by atoms with E-state index < -0.39 is 0 Å². The molecule has 0 saturated carbocycles. The molecule has 3 N–H and O–H groups in total. The molecule has 2 saturated heterocycles. The number of ether oxygens (including phenoxy) is 1. The number of hydrogen-bond donors (Lipinski definition) is 3. The van der Waals surface area contributed by atoms with Gasteiger partial charge in [-0.2, -0.15) is 0 Å². The topological polar surface area (TPSA) is 74.3 Å². The highest BCUT2D eigenvalue weighted by Crippen LogP contribution is 2.25. The third-order valence-electron chi connectivity index (χ3n) is 5.73. The van der Waals surface area contributed by atoms with Gasteiger partial charge in [-0.05, 0) is 56.3 Å². The number of aromatic nitrogens is 2. The Morgan fingerprint density at radius 1 is 0.967 bits per heavy atom. The smallest absolute Gasteiger partial charge is 0.227 e. The molecule has 7 heteroatoms. The molecule has 7 nitrogen and oxygen atoms in total. The second kappa shape index (κ2) is 8.85. The average molecular weight is 405 g/mol. The molecule has 5 rings (SSSR count). The number of nitrogens with zero attached hydrogens (tertiary/aromatic N) is 3. The molecule has 2 aliphatic rings. The molecule has 0 radical (unpaired) electrons. The first-order chi connectivity index (χ1) is 14.8. The highest BCUT2D eigenvalue weighted by Gasteiger charge is 2.15. The summed E-state index contributed by atoms with van der Waals surface area (Å²) in [5.41, 5.74) is 3.10. The van der Waals surface area contributed by atoms with Crippen molar-refractivity contribution in [1.82, 2.24) is 20.6 Å². The van der Waals surface area contributed by atoms with Gasteiger partial charge in [0.1, 0.15) is 11.9 Å². The Labute approximate surface area is 176 Å². The van der Waals surface area contributed by atoms with Crippen molar-refractivity contribution < 1.29 is 4.74 Å². The van der Waals surface area contributed by atoms with Gasteiger partial charge in [-0.1, -0.05) is 6.07 Å². The first-order valence-electron chi connectivity index (χ1n) is 10.8. The predicted molar refractivity (Wildman–Crippen MR) is 121 cm³/mol. The van der Waals surface area contributed by atoms with Crippen LogP contribution in [0.2, 0.25) is 0 Å². The molecule has 3 heterocycles. The fourth-order valence-electron chi connectivity index (χ4n) is 4.07. The lowest BCUT2D eigenvalue weighted by Gasteiger charge is -2.29. The van der Waals surface area contributed by atoms with Gasteiger partial charge in [-0.15, -0.1) is 0 Å². The first kappa shape index (κ1) is 19.1. The van der Waals surface area contributed by atoms with Crippen molar-refractivity contribution in [3.05, 3.63) is 48.7 Å². The lowest BCUT2D eigenvalue weighted by atomic mass is 10.1. The van der Waals surface area contributed by atoms with Crippen LogP contribution in [0, 0.1) is 0 Å². The van der Waals surface area contributed by atoms with E-state index in [-0.39, 0.29) is 6.10 Å². The summed E-state index contributed by atoms with van der Waals surface area (Å²) < 4.78 is 6.17. The molecule has 0 spiro atoms. The normalized spacial score (nSPS) is 17.8. The first-order valence-corrected chi connectivity index (χ1v) is 10.8. The molecule has 0 aliphatic carbocycles. The molecule has 0 unspecified atom stereocenters. The van der Waals surface area contributed by atoms with Crippen LogP contribution in [0.5, 0.6) is 5.75 Å². The fourth-order valence-corrected chi connectivity index (χ4v) is 4.07. The van der Waals surface area contributed by atoms with Crippen molar-refractivity contribution in [2.24, 2.45) is 0 Å². The third-order valence-corrected chi connectivity index (χ3v) is 5.73. The largest absolute Gasteiger partial charge is 0.490 e. The van der Waals surface area contributed by atoms with Gasteiger partial charge < -0.3 is 25.6 Å². The Hall–Kier alpha value is -2.90. The minimum Gasteiger partial charge on any atom is -0.490 e. The van der Waals surface area contributed by atoms with E-state index in [4.69, 9.17) is 9.72 Å². The summed E-state index contributed by atoms with van der Waals surface area (Å²) in [4.78, 5) is 11.6. The maximum atomic E-state index is 6.17. The van der Waals surface area contributed by atoms with Crippen LogP contribution < -0.4 is 25.6 Å². The van der Waals surface area contributed by atoms with Crippen LogP contribution in [0.25, 0.3) is 10.9 Å². The molecule has 2 aliphatic heterocycles. The van der Waals surface area contributed by atoms with Crippen molar-refractivity contribution in [1.29, 1.82) is 0 Å². The molecule has 30 heavy (non-hydrogen) atoms. The van der Waals surface area contributed by atoms with Gasteiger partial charge >= 0.3 is 0 Å². The molecule has 0 amide bonds. The number of anilines is 3. The van der Waals surface area contributed by atoms with Crippen molar-refractivity contribution in [3.63, 3.8) is 0 Å². The Kier molecular flexibility index (Phi) is 5.63. The minimum absolute atomic E-state index is 0.274. The van der Waals surface area contributed by atoms with Crippen LogP contribution in [0.4, 0.5) is 17.3 Å². The maximum absolute atomic E-state index is 6.17. The van der Waals surface area contributed by atoms with Gasteiger partial charge in [0.25, 0.3) is 0 Å². The Morgan fingerprint density at radius 3 is 2.67 bits per heavy atom. The van der Waals surface area contributed by atoms with Crippen molar-refractivity contribution in [2.45, 2.75) is 18.9 Å². The van der Waals surface area contributed by atoms with Crippen molar-refractivity contribution in [2.75, 3.05) is 49.5 Å². The minimum atomic E-state index is 0.274. The van der Waals surface area contributed by atoms with E-state index in [1.807, 2.05) is 24.4 Å². The van der Waals surface area contributed by atoms with E-state index in [9.17, 15) is 0 Å². The third kappa shape index (κ3) is 4.47. The van der Waals surface area contributed by atoms with Gasteiger partial charge in [0.05, 0.1) is 5.52 Å². The van der Waals surface area contributed by atoms with Crippen LogP contribution in [0.15, 0.2) is 48.7 Å². The van der Waals surface area contributed by atoms with Crippen LogP contribution in [0.1, 0.15) is 12.8 Å². The lowest BCUT2D eigenvalue weighted by Crippen LogP contribution is -2.43. The van der Waals surface area contributed by atoms with E-state index in [1.165, 1.54) is 5.69 Å². The molecule has 0 atom stereocenters. The quantitative estimate of drug-likeness (QED) is 0.604. The van der Waals surface area contributed by atoms with Gasteiger partial charge in [0.15, 0.2) is 0 Å². The highest BCUT2D eigenvalue weighted by atomic mass is 16.5. The Bertz CT molecular complexity index is 998. The highest BCUT2D eigenvalue weighted by molar-refractivity contribution is 5.80. The van der Waals surface area contributed by atoms with Gasteiger partial charge in [-0.25, -0.2) is 9.97 Å². The molecule has 156 valence electrons. The van der Waals surface area contributed by atoms with Gasteiger partial charge in [0, 0.05) is 55.2 Å². The summed E-state index contributed by atoms with van der Waals surface area (Å²) in [7, 11) is 0. The second-order valence-corrected chi connectivity index (χ2v) is 7.89. The summed E-state index contributed by atoms with van der Waals surface area (Å²) >= 11 is 0. The van der Waals surface area contributed by atoms with Crippen LogP contribution in [-0.4, -0.2) is 55.3 Å². The zero-order chi connectivity index (χ0) is 20.2. The number of benzene rings is 2. The molecule has 2 aromatic carbocycles. The predicted octanol–water partition coefficient (Wildman–Crippen LogP) is 2.91. The van der Waals surface area contributed by atoms with E-state index in [0.29, 0.717) is 5.95 Å². The van der Waals surface area contributed by atoms with Gasteiger partial charge in [0.2, 0.25) is 5.95 Å². The number of rotatable bonds is 5. The summed E-state index contributed by atoms with van der Waals surface area (Å²) in [5.74, 6) is 1.47. The van der Waals surface area contributed by atoms with E-state index in [2.05, 4.69) is 50.1 Å². The number of piperazine rings is 1. The van der Waals surface area contributed by atoms with Crippen LogP contribution in [0.3, 0.4) is 0 Å². The van der Waals surface area contributed by atoms with E-state index in [1.54, 1.807) is 0 Å². The monoisotopic (exact) mass is 404 g/mol. The Balaban J connectivity index is 1.33. The van der Waals surface area contributed by atoms with Crippen LogP contribution >= 0.6 is 0 Å². The van der Waals surface area contributed by atoms with E-state index in [0.717, 1.165) is 74.5 Å². The molecule has 1 aromatic heterocycles. The molecule has 0 bridgehead atoms. The standard InChI is InChI=1S/C23H28N6O/c1-2-18(14-19(3-1)29-12-10-25-11-13-29)27-23-26-16-17-4-5-21(15-22(17)28-23)30-20-6-8-24-9-7-20/h1-5,14-16,20,24-25H,6-13H2,(H,26,27,28). The van der Waals surface area contributed by atoms with Crippen LogP contribution in [-0.2, 0) is 0 Å². The molecular weight excluding hydrogens is 376 g/mol. The fraction of sp³-hybridized carbons (Fsp3) is 0.391. The Morgan fingerprint density at radius 2 is 1.80 bits per heavy atom. The summed E-state index contributed by atoms with van der Waals surface area (Å²) in [6, 6.07) is 14.5. The summed E-state index contributed by atoms with van der Waals surface area (Å²) in [6.45, 7) is 6.12. The summed E-state index contributed by atoms with van der Waals surface area (Å²) in [6.07, 6.45) is 4.21. The SMILES string of the molecule is c1cc(Nc2ncc3ccc(OC4CCNCC4)cc3n2)cc(N2CCNCC2)c1. The average Bonchev–Trinajstić information content (AvgIpc) is 2.80. The zero-order valence-corrected chi connectivity index (χ0v) is 17.1. The van der Waals surface area contributed by atoms with Crippen molar-refractivity contribution >= 4 is 28.2 Å². The van der Waals surface area contributed by atoms with E-state index >= 15 is 0 Å². The number of hydrogen-bond acceptors (Lipinski definition) is 7. The number of piperidine rings is 1.